The van der Waals surface area contributed by atoms with Crippen molar-refractivity contribution in [1.29, 1.82) is 0 Å². The molecule has 7 nitrogen and oxygen atoms in total. The first-order valence-corrected chi connectivity index (χ1v) is 8.21. The summed E-state index contributed by atoms with van der Waals surface area (Å²) in [5.41, 5.74) is 0.926. The zero-order valence-electron chi connectivity index (χ0n) is 14.6. The van der Waals surface area contributed by atoms with Crippen LogP contribution in [0.2, 0.25) is 0 Å². The number of anilines is 1. The average molecular weight is 330 g/mol. The Hall–Kier alpha value is -2.57. The van der Waals surface area contributed by atoms with Gasteiger partial charge in [-0.05, 0) is 38.8 Å². The Morgan fingerprint density at radius 2 is 2.00 bits per heavy atom. The van der Waals surface area contributed by atoms with E-state index in [-0.39, 0.29) is 0 Å². The molecule has 130 valence electrons. The average Bonchev–Trinajstić information content (AvgIpc) is 2.92. The fourth-order valence-corrected chi connectivity index (χ4v) is 2.14. The molecule has 0 saturated heterocycles. The highest BCUT2D eigenvalue weighted by Crippen LogP contribution is 2.07. The topological polar surface area (TPSA) is 87.4 Å². The molecule has 0 aliphatic heterocycles. The Morgan fingerprint density at radius 3 is 2.67 bits per heavy atom. The van der Waals surface area contributed by atoms with Crippen molar-refractivity contribution in [3.63, 3.8) is 0 Å². The van der Waals surface area contributed by atoms with Gasteiger partial charge in [0.05, 0.1) is 12.2 Å². The fraction of sp³-hybridized carbons (Fsp3) is 0.471. The van der Waals surface area contributed by atoms with Crippen molar-refractivity contribution in [3.8, 4) is 0 Å². The molecular formula is C17H26N6O. The number of aryl methyl sites for hydroxylation is 2. The lowest BCUT2D eigenvalue weighted by Gasteiger charge is -2.10. The highest BCUT2D eigenvalue weighted by Gasteiger charge is 2.06. The van der Waals surface area contributed by atoms with E-state index >= 15 is 0 Å². The van der Waals surface area contributed by atoms with Crippen LogP contribution < -0.4 is 16.0 Å². The van der Waals surface area contributed by atoms with Crippen LogP contribution >= 0.6 is 0 Å². The van der Waals surface area contributed by atoms with Crippen LogP contribution in [0.4, 0.5) is 5.82 Å². The first-order chi connectivity index (χ1) is 11.7. The van der Waals surface area contributed by atoms with E-state index in [1.807, 2.05) is 32.0 Å². The van der Waals surface area contributed by atoms with Gasteiger partial charge in [0.2, 0.25) is 5.89 Å². The summed E-state index contributed by atoms with van der Waals surface area (Å²) >= 11 is 0. The highest BCUT2D eigenvalue weighted by molar-refractivity contribution is 5.79. The van der Waals surface area contributed by atoms with Gasteiger partial charge in [0.25, 0.3) is 0 Å². The minimum absolute atomic E-state index is 0.523. The summed E-state index contributed by atoms with van der Waals surface area (Å²) in [5.74, 6) is 3.20. The first-order valence-electron chi connectivity index (χ1n) is 8.21. The number of unbranched alkanes of at least 4 members (excludes halogenated alkanes) is 1. The number of aliphatic imine (C=N–C) groups is 1. The number of guanidine groups is 1. The molecule has 2 aromatic heterocycles. The lowest BCUT2D eigenvalue weighted by Crippen LogP contribution is -2.37. The number of aromatic nitrogens is 2. The molecule has 2 heterocycles. The largest absolute Gasteiger partial charge is 0.444 e. The zero-order valence-corrected chi connectivity index (χ0v) is 14.6. The molecule has 0 bridgehead atoms. The molecule has 24 heavy (non-hydrogen) atoms. The SMILES string of the molecule is CN=C(NCCCCNc1ccccn1)NCc1nc(C)c(C)o1. The molecule has 0 fully saturated rings. The highest BCUT2D eigenvalue weighted by atomic mass is 16.4. The third kappa shape index (κ3) is 5.91. The van der Waals surface area contributed by atoms with Gasteiger partial charge < -0.3 is 20.4 Å². The second-order valence-electron chi connectivity index (χ2n) is 5.45. The van der Waals surface area contributed by atoms with Gasteiger partial charge in [-0.2, -0.15) is 0 Å². The number of nitrogens with zero attached hydrogens (tertiary/aromatic N) is 3. The molecule has 7 heteroatoms. The molecule has 0 aromatic carbocycles. The van der Waals surface area contributed by atoms with Crippen LogP contribution in [0.1, 0.15) is 30.2 Å². The van der Waals surface area contributed by atoms with E-state index in [2.05, 4.69) is 30.9 Å². The molecule has 0 aliphatic carbocycles. The fourth-order valence-electron chi connectivity index (χ4n) is 2.14. The predicted molar refractivity (Wildman–Crippen MR) is 96.1 cm³/mol. The van der Waals surface area contributed by atoms with Crippen LogP contribution in [0.25, 0.3) is 0 Å². The number of hydrogen-bond acceptors (Lipinski definition) is 5. The third-order valence-corrected chi connectivity index (χ3v) is 3.57. The second kappa shape index (κ2) is 9.54. The number of hydrogen-bond donors (Lipinski definition) is 3. The number of oxazole rings is 1. The van der Waals surface area contributed by atoms with Crippen molar-refractivity contribution >= 4 is 11.8 Å². The summed E-state index contributed by atoms with van der Waals surface area (Å²) < 4.78 is 5.54. The summed E-state index contributed by atoms with van der Waals surface area (Å²) in [6.45, 7) is 6.13. The summed E-state index contributed by atoms with van der Waals surface area (Å²) in [5, 5.41) is 9.78. The van der Waals surface area contributed by atoms with E-state index in [4.69, 9.17) is 4.42 Å². The van der Waals surface area contributed by atoms with Gasteiger partial charge in [-0.15, -0.1) is 0 Å². The third-order valence-electron chi connectivity index (χ3n) is 3.57. The zero-order chi connectivity index (χ0) is 17.2. The Morgan fingerprint density at radius 1 is 1.17 bits per heavy atom. The summed E-state index contributed by atoms with van der Waals surface area (Å²) in [6, 6.07) is 5.86. The van der Waals surface area contributed by atoms with Crippen molar-refractivity contribution in [3.05, 3.63) is 41.7 Å². The van der Waals surface area contributed by atoms with Gasteiger partial charge >= 0.3 is 0 Å². The standard InChI is InChI=1S/C17H26N6O/c1-13-14(2)24-16(23-13)12-22-17(18-3)21-11-7-6-10-20-15-8-4-5-9-19-15/h4-5,8-9H,6-7,10-12H2,1-3H3,(H,19,20)(H2,18,21,22). The summed E-state index contributed by atoms with van der Waals surface area (Å²) in [4.78, 5) is 12.8. The van der Waals surface area contributed by atoms with Crippen LogP contribution in [-0.2, 0) is 6.54 Å². The molecule has 0 saturated carbocycles. The second-order valence-corrected chi connectivity index (χ2v) is 5.45. The molecule has 0 spiro atoms. The van der Waals surface area contributed by atoms with Crippen molar-refractivity contribution in [2.75, 3.05) is 25.5 Å². The number of rotatable bonds is 8. The predicted octanol–water partition coefficient (Wildman–Crippen LogP) is 2.24. The molecule has 0 aliphatic rings. The number of nitrogens with one attached hydrogen (secondary N) is 3. The van der Waals surface area contributed by atoms with Gasteiger partial charge in [0.1, 0.15) is 11.6 Å². The van der Waals surface area contributed by atoms with Gasteiger partial charge in [0, 0.05) is 26.3 Å². The van der Waals surface area contributed by atoms with Gasteiger partial charge in [-0.1, -0.05) is 6.07 Å². The van der Waals surface area contributed by atoms with Crippen LogP contribution in [0.15, 0.2) is 33.8 Å². The minimum atomic E-state index is 0.523. The van der Waals surface area contributed by atoms with Crippen molar-refractivity contribution < 1.29 is 4.42 Å². The van der Waals surface area contributed by atoms with Crippen molar-refractivity contribution in [1.82, 2.24) is 20.6 Å². The van der Waals surface area contributed by atoms with Crippen molar-refractivity contribution in [2.45, 2.75) is 33.2 Å². The van der Waals surface area contributed by atoms with E-state index in [1.165, 1.54) is 0 Å². The summed E-state index contributed by atoms with van der Waals surface area (Å²) in [6.07, 6.45) is 3.88. The maximum Gasteiger partial charge on any atom is 0.214 e. The lowest BCUT2D eigenvalue weighted by atomic mass is 10.3. The van der Waals surface area contributed by atoms with E-state index in [0.29, 0.717) is 12.4 Å². The smallest absolute Gasteiger partial charge is 0.214 e. The molecular weight excluding hydrogens is 304 g/mol. The molecule has 3 N–H and O–H groups in total. The van der Waals surface area contributed by atoms with E-state index in [1.54, 1.807) is 13.2 Å². The molecule has 0 amide bonds. The van der Waals surface area contributed by atoms with Gasteiger partial charge in [0.15, 0.2) is 5.96 Å². The van der Waals surface area contributed by atoms with Crippen molar-refractivity contribution in [2.24, 2.45) is 4.99 Å². The Balaban J connectivity index is 1.58. The van der Waals surface area contributed by atoms with E-state index in [0.717, 1.165) is 49.2 Å². The summed E-state index contributed by atoms with van der Waals surface area (Å²) in [7, 11) is 1.75. The lowest BCUT2D eigenvalue weighted by molar-refractivity contribution is 0.463. The molecule has 2 rings (SSSR count). The monoisotopic (exact) mass is 330 g/mol. The van der Waals surface area contributed by atoms with Crippen LogP contribution in [-0.4, -0.2) is 36.1 Å². The Labute approximate surface area is 143 Å². The van der Waals surface area contributed by atoms with Gasteiger partial charge in [-0.3, -0.25) is 4.99 Å². The van der Waals surface area contributed by atoms with E-state index < -0.39 is 0 Å². The molecule has 0 unspecified atom stereocenters. The Kier molecular flexibility index (Phi) is 7.07. The van der Waals surface area contributed by atoms with Crippen LogP contribution in [0.3, 0.4) is 0 Å². The van der Waals surface area contributed by atoms with Crippen LogP contribution in [0.5, 0.6) is 0 Å². The minimum Gasteiger partial charge on any atom is -0.444 e. The molecule has 0 atom stereocenters. The Bertz CT molecular complexity index is 618. The van der Waals surface area contributed by atoms with Crippen LogP contribution in [0, 0.1) is 13.8 Å². The maximum atomic E-state index is 5.54. The molecule has 0 radical (unpaired) electrons. The molecule has 2 aromatic rings. The number of pyridine rings is 1. The quantitative estimate of drug-likeness (QED) is 0.391. The first kappa shape index (κ1) is 17.8. The van der Waals surface area contributed by atoms with Gasteiger partial charge in [-0.25, -0.2) is 9.97 Å². The normalized spacial score (nSPS) is 11.4. The van der Waals surface area contributed by atoms with E-state index in [9.17, 15) is 0 Å². The maximum absolute atomic E-state index is 5.54.